The van der Waals surface area contributed by atoms with Crippen LogP contribution in [0.1, 0.15) is 43.0 Å². The summed E-state index contributed by atoms with van der Waals surface area (Å²) in [4.78, 5) is 42.2. The number of carbonyl (C=O) groups excluding carboxylic acids is 3. The normalized spacial score (nSPS) is 14.3. The van der Waals surface area contributed by atoms with Crippen LogP contribution in [-0.4, -0.2) is 42.4 Å². The number of benzene rings is 2. The van der Waals surface area contributed by atoms with E-state index in [0.717, 1.165) is 42.3 Å². The van der Waals surface area contributed by atoms with Crippen LogP contribution in [0.25, 0.3) is 0 Å². The van der Waals surface area contributed by atoms with Gasteiger partial charge in [0.2, 0.25) is 17.7 Å². The molecule has 1 heterocycles. The van der Waals surface area contributed by atoms with Crippen molar-refractivity contribution in [3.63, 3.8) is 0 Å². The van der Waals surface area contributed by atoms with E-state index in [-0.39, 0.29) is 35.3 Å². The molecule has 1 saturated carbocycles. The van der Waals surface area contributed by atoms with Gasteiger partial charge in [-0.25, -0.2) is 4.39 Å². The van der Waals surface area contributed by atoms with Crippen LogP contribution in [0, 0.1) is 5.82 Å². The number of thiophene rings is 1. The number of thioether (sulfide) groups is 1. The first-order chi connectivity index (χ1) is 18.9. The number of nitrogens with zero attached hydrogens (tertiary/aromatic N) is 1. The lowest BCUT2D eigenvalue weighted by Crippen LogP contribution is -2.47. The van der Waals surface area contributed by atoms with Crippen molar-refractivity contribution >= 4 is 52.2 Å². The number of nitrogens with one attached hydrogen (secondary N) is 2. The van der Waals surface area contributed by atoms with Crippen molar-refractivity contribution in [2.75, 3.05) is 28.8 Å². The quantitative estimate of drug-likeness (QED) is 0.305. The molecular formula is C29H32FN3O4S2. The summed E-state index contributed by atoms with van der Waals surface area (Å²) < 4.78 is 18.5. The van der Waals surface area contributed by atoms with Gasteiger partial charge < -0.3 is 15.4 Å². The molecule has 0 bridgehead atoms. The predicted molar refractivity (Wildman–Crippen MR) is 155 cm³/mol. The maximum Gasteiger partial charge on any atom is 0.248 e. The number of ether oxygens (including phenoxy) is 1. The van der Waals surface area contributed by atoms with Crippen LogP contribution in [0.4, 0.5) is 15.8 Å². The van der Waals surface area contributed by atoms with Crippen molar-refractivity contribution < 1.29 is 23.5 Å². The molecule has 4 rings (SSSR count). The molecular weight excluding hydrogens is 537 g/mol. The zero-order chi connectivity index (χ0) is 27.6. The highest BCUT2D eigenvalue weighted by Crippen LogP contribution is 2.33. The minimum Gasteiger partial charge on any atom is -0.497 e. The highest BCUT2D eigenvalue weighted by atomic mass is 32.2. The summed E-state index contributed by atoms with van der Waals surface area (Å²) in [5.41, 5.74) is 1.01. The van der Waals surface area contributed by atoms with Gasteiger partial charge >= 0.3 is 0 Å². The number of amides is 3. The molecule has 0 aliphatic heterocycles. The van der Waals surface area contributed by atoms with Crippen molar-refractivity contribution in [1.82, 2.24) is 5.32 Å². The lowest BCUT2D eigenvalue weighted by Gasteiger charge is -2.33. The van der Waals surface area contributed by atoms with E-state index in [1.807, 2.05) is 17.5 Å². The summed E-state index contributed by atoms with van der Waals surface area (Å²) in [6.07, 6.45) is 5.17. The fourth-order valence-corrected chi connectivity index (χ4v) is 6.06. The Morgan fingerprint density at radius 3 is 2.51 bits per heavy atom. The third kappa shape index (κ3) is 8.06. The molecule has 0 spiro atoms. The monoisotopic (exact) mass is 569 g/mol. The van der Waals surface area contributed by atoms with Gasteiger partial charge in [-0.05, 0) is 60.7 Å². The van der Waals surface area contributed by atoms with Gasteiger partial charge in [0, 0.05) is 28.4 Å². The van der Waals surface area contributed by atoms with Gasteiger partial charge in [0.1, 0.15) is 17.6 Å². The molecule has 3 aromatic rings. The van der Waals surface area contributed by atoms with Gasteiger partial charge in [0.25, 0.3) is 0 Å². The van der Waals surface area contributed by atoms with Crippen LogP contribution in [-0.2, 0) is 14.4 Å². The molecule has 3 amide bonds. The van der Waals surface area contributed by atoms with E-state index in [2.05, 4.69) is 10.6 Å². The van der Waals surface area contributed by atoms with Crippen LogP contribution in [0.2, 0.25) is 0 Å². The molecule has 1 aliphatic rings. The van der Waals surface area contributed by atoms with Crippen LogP contribution >= 0.6 is 23.1 Å². The summed E-state index contributed by atoms with van der Waals surface area (Å²) in [7, 11) is 1.55. The first-order valence-electron chi connectivity index (χ1n) is 12.9. The second kappa shape index (κ2) is 14.1. The molecule has 1 fully saturated rings. The van der Waals surface area contributed by atoms with E-state index in [4.69, 9.17) is 4.74 Å². The third-order valence-corrected chi connectivity index (χ3v) is 8.30. The lowest BCUT2D eigenvalue weighted by molar-refractivity contribution is -0.126. The van der Waals surface area contributed by atoms with E-state index in [9.17, 15) is 18.8 Å². The summed E-state index contributed by atoms with van der Waals surface area (Å²) in [6.45, 7) is 0. The number of rotatable bonds is 11. The average molecular weight is 570 g/mol. The molecule has 2 N–H and O–H groups in total. The van der Waals surface area contributed by atoms with Crippen molar-refractivity contribution in [2.45, 2.75) is 44.2 Å². The fourth-order valence-electron chi connectivity index (χ4n) is 4.58. The Hall–Kier alpha value is -3.37. The molecule has 7 nitrogen and oxygen atoms in total. The Morgan fingerprint density at radius 1 is 1.05 bits per heavy atom. The first kappa shape index (κ1) is 28.6. The Labute approximate surface area is 236 Å². The molecule has 1 aliphatic carbocycles. The molecule has 1 aromatic heterocycles. The molecule has 206 valence electrons. The minimum atomic E-state index is -0.861. The minimum absolute atomic E-state index is 0.0208. The Morgan fingerprint density at radius 2 is 1.82 bits per heavy atom. The largest absolute Gasteiger partial charge is 0.497 e. The van der Waals surface area contributed by atoms with Crippen LogP contribution < -0.4 is 20.3 Å². The maximum absolute atomic E-state index is 13.8. The number of halogens is 1. The lowest BCUT2D eigenvalue weighted by atomic mass is 9.95. The number of methoxy groups -OCH3 is 1. The van der Waals surface area contributed by atoms with Gasteiger partial charge in [-0.2, -0.15) is 0 Å². The van der Waals surface area contributed by atoms with E-state index in [0.29, 0.717) is 17.1 Å². The van der Waals surface area contributed by atoms with Crippen molar-refractivity contribution in [1.29, 1.82) is 0 Å². The molecule has 1 unspecified atom stereocenters. The van der Waals surface area contributed by atoms with E-state index in [1.54, 1.807) is 31.4 Å². The third-order valence-electron chi connectivity index (χ3n) is 6.46. The predicted octanol–water partition coefficient (Wildman–Crippen LogP) is 5.79. The van der Waals surface area contributed by atoms with Crippen molar-refractivity contribution in [3.8, 4) is 5.75 Å². The van der Waals surface area contributed by atoms with Crippen LogP contribution in [0.15, 0.2) is 66.0 Å². The molecule has 2 aromatic carbocycles. The SMILES string of the molecule is COc1cccc(N(C(=O)CSCC(=O)Nc2ccc(F)cc2)C(C(=O)NC2CCCCC2)c2cccs2)c1. The summed E-state index contributed by atoms with van der Waals surface area (Å²) >= 11 is 2.57. The van der Waals surface area contributed by atoms with Crippen molar-refractivity contribution in [2.24, 2.45) is 0 Å². The van der Waals surface area contributed by atoms with E-state index in [1.165, 1.54) is 46.9 Å². The number of anilines is 2. The molecule has 0 saturated heterocycles. The molecule has 1 atom stereocenters. The van der Waals surface area contributed by atoms with Gasteiger partial charge in [-0.1, -0.05) is 31.4 Å². The molecule has 39 heavy (non-hydrogen) atoms. The van der Waals surface area contributed by atoms with Gasteiger partial charge in [-0.15, -0.1) is 23.1 Å². The topological polar surface area (TPSA) is 87.7 Å². The second-order valence-electron chi connectivity index (χ2n) is 9.27. The maximum atomic E-state index is 13.8. The van der Waals surface area contributed by atoms with Crippen molar-refractivity contribution in [3.05, 3.63) is 76.7 Å². The Bertz CT molecular complexity index is 1250. The summed E-state index contributed by atoms with van der Waals surface area (Å²) in [5, 5.41) is 7.78. The second-order valence-corrected chi connectivity index (χ2v) is 11.2. The Balaban J connectivity index is 1.53. The average Bonchev–Trinajstić information content (AvgIpc) is 3.48. The zero-order valence-corrected chi connectivity index (χ0v) is 23.4. The zero-order valence-electron chi connectivity index (χ0n) is 21.7. The first-order valence-corrected chi connectivity index (χ1v) is 14.9. The highest BCUT2D eigenvalue weighted by Gasteiger charge is 2.35. The standard InChI is InChI=1S/C29H32FN3O4S2/c1-37-24-10-5-9-23(17-24)33(27(35)19-38-18-26(34)31-22-14-12-20(30)13-15-22)28(25-11-6-16-39-25)29(36)32-21-7-3-2-4-8-21/h5-6,9-17,21,28H,2-4,7-8,18-19H2,1H3,(H,31,34)(H,32,36). The van der Waals surface area contributed by atoms with Crippen LogP contribution in [0.3, 0.4) is 0 Å². The fraction of sp³-hybridized carbons (Fsp3) is 0.345. The smallest absolute Gasteiger partial charge is 0.248 e. The highest BCUT2D eigenvalue weighted by molar-refractivity contribution is 8.00. The van der Waals surface area contributed by atoms with Gasteiger partial charge in [0.15, 0.2) is 0 Å². The van der Waals surface area contributed by atoms with Crippen LogP contribution in [0.5, 0.6) is 5.75 Å². The summed E-state index contributed by atoms with van der Waals surface area (Å²) in [5.74, 6) is -0.663. The Kier molecular flexibility index (Phi) is 10.4. The van der Waals surface area contributed by atoms with Gasteiger partial charge in [0.05, 0.1) is 18.6 Å². The molecule has 10 heteroatoms. The van der Waals surface area contributed by atoms with E-state index < -0.39 is 11.9 Å². The van der Waals surface area contributed by atoms with E-state index >= 15 is 0 Å². The number of hydrogen-bond donors (Lipinski definition) is 2. The number of carbonyl (C=O) groups is 3. The summed E-state index contributed by atoms with van der Waals surface area (Å²) in [6, 6.07) is 15.5. The number of hydrogen-bond acceptors (Lipinski definition) is 6. The molecule has 0 radical (unpaired) electrons. The van der Waals surface area contributed by atoms with Gasteiger partial charge in [-0.3, -0.25) is 19.3 Å².